The number of piperidine rings is 1. The first-order valence-corrected chi connectivity index (χ1v) is 7.36. The quantitative estimate of drug-likeness (QED) is 0.831. The highest BCUT2D eigenvalue weighted by molar-refractivity contribution is 5.79. The van der Waals surface area contributed by atoms with Crippen molar-refractivity contribution in [1.29, 1.82) is 0 Å². The van der Waals surface area contributed by atoms with Crippen molar-refractivity contribution in [2.24, 2.45) is 0 Å². The predicted octanol–water partition coefficient (Wildman–Crippen LogP) is 4.07. The van der Waals surface area contributed by atoms with Crippen molar-refractivity contribution in [2.75, 3.05) is 13.1 Å². The van der Waals surface area contributed by atoms with Gasteiger partial charge in [0, 0.05) is 25.0 Å². The summed E-state index contributed by atoms with van der Waals surface area (Å²) < 4.78 is 0. The van der Waals surface area contributed by atoms with Crippen molar-refractivity contribution in [3.63, 3.8) is 0 Å². The van der Waals surface area contributed by atoms with Crippen LogP contribution in [0.4, 0.5) is 0 Å². The highest BCUT2D eigenvalue weighted by atomic mass is 15.1. The van der Waals surface area contributed by atoms with E-state index >= 15 is 0 Å². The van der Waals surface area contributed by atoms with Gasteiger partial charge in [0.25, 0.3) is 0 Å². The molecule has 0 radical (unpaired) electrons. The number of aromatic nitrogens is 1. The highest BCUT2D eigenvalue weighted by Gasteiger charge is 2.15. The number of hydrogen-bond donors (Lipinski definition) is 0. The van der Waals surface area contributed by atoms with Gasteiger partial charge in [-0.25, -0.2) is 0 Å². The second kappa shape index (κ2) is 6.38. The highest BCUT2D eigenvalue weighted by Crippen LogP contribution is 2.25. The Labute approximate surface area is 120 Å². The van der Waals surface area contributed by atoms with Gasteiger partial charge in [0.15, 0.2) is 0 Å². The van der Waals surface area contributed by atoms with Crippen molar-refractivity contribution >= 4 is 11.8 Å². The van der Waals surface area contributed by atoms with Crippen LogP contribution in [-0.2, 0) is 0 Å². The maximum Gasteiger partial charge on any atom is 0.0650 e. The van der Waals surface area contributed by atoms with E-state index in [1.165, 1.54) is 30.5 Å². The molecular formula is C18H20N2. The third kappa shape index (κ3) is 3.08. The molecule has 102 valence electrons. The molecule has 2 nitrogen and oxygen atoms in total. The third-order valence-electron chi connectivity index (χ3n) is 3.74. The summed E-state index contributed by atoms with van der Waals surface area (Å²) in [6.07, 6.45) is 7.98. The third-order valence-corrected chi connectivity index (χ3v) is 3.74. The average Bonchev–Trinajstić information content (AvgIpc) is 2.55. The van der Waals surface area contributed by atoms with E-state index in [4.69, 9.17) is 0 Å². The number of pyridine rings is 1. The topological polar surface area (TPSA) is 16.1 Å². The van der Waals surface area contributed by atoms with E-state index in [0.717, 1.165) is 18.8 Å². The first-order chi connectivity index (χ1) is 9.93. The molecule has 2 aromatic rings. The van der Waals surface area contributed by atoms with Gasteiger partial charge in [-0.05, 0) is 43.0 Å². The molecule has 1 aliphatic heterocycles. The van der Waals surface area contributed by atoms with Crippen molar-refractivity contribution in [2.45, 2.75) is 19.3 Å². The molecule has 1 saturated heterocycles. The van der Waals surface area contributed by atoms with Crippen molar-refractivity contribution in [3.05, 3.63) is 66.0 Å². The van der Waals surface area contributed by atoms with Crippen molar-refractivity contribution in [1.82, 2.24) is 9.88 Å². The molecule has 0 atom stereocenters. The summed E-state index contributed by atoms with van der Waals surface area (Å²) in [5, 5.41) is 0. The fourth-order valence-electron chi connectivity index (χ4n) is 2.70. The van der Waals surface area contributed by atoms with E-state index in [-0.39, 0.29) is 0 Å². The number of nitrogens with zero attached hydrogens (tertiary/aromatic N) is 2. The molecule has 0 aliphatic carbocycles. The summed E-state index contributed by atoms with van der Waals surface area (Å²) in [5.74, 6) is 0. The van der Waals surface area contributed by atoms with Crippen LogP contribution in [-0.4, -0.2) is 23.0 Å². The van der Waals surface area contributed by atoms with Gasteiger partial charge in [0.2, 0.25) is 0 Å². The molecule has 0 saturated carbocycles. The normalized spacial score (nSPS) is 16.2. The van der Waals surface area contributed by atoms with Crippen LogP contribution >= 0.6 is 0 Å². The van der Waals surface area contributed by atoms with Crippen molar-refractivity contribution in [3.8, 4) is 0 Å². The Morgan fingerprint density at radius 2 is 1.65 bits per heavy atom. The SMILES string of the molecule is C(=C(\c1ccccc1)N1CCCCC1)/c1ccccn1. The number of benzene rings is 1. The summed E-state index contributed by atoms with van der Waals surface area (Å²) in [6.45, 7) is 2.29. The Bertz CT molecular complexity index is 554. The molecule has 20 heavy (non-hydrogen) atoms. The fraction of sp³-hybridized carbons (Fsp3) is 0.278. The van der Waals surface area contributed by atoms with Gasteiger partial charge >= 0.3 is 0 Å². The van der Waals surface area contributed by atoms with E-state index in [0.29, 0.717) is 0 Å². The van der Waals surface area contributed by atoms with Crippen LogP contribution in [0.15, 0.2) is 54.7 Å². The first-order valence-electron chi connectivity index (χ1n) is 7.36. The largest absolute Gasteiger partial charge is 0.371 e. The average molecular weight is 264 g/mol. The van der Waals surface area contributed by atoms with E-state index in [1.54, 1.807) is 0 Å². The molecule has 0 spiro atoms. The molecule has 0 amide bonds. The van der Waals surface area contributed by atoms with Crippen LogP contribution in [0.1, 0.15) is 30.5 Å². The van der Waals surface area contributed by atoms with Gasteiger partial charge in [0.1, 0.15) is 0 Å². The van der Waals surface area contributed by atoms with Gasteiger partial charge in [-0.2, -0.15) is 0 Å². The van der Waals surface area contributed by atoms with E-state index in [2.05, 4.69) is 52.4 Å². The molecule has 1 aromatic carbocycles. The van der Waals surface area contributed by atoms with Crippen LogP contribution < -0.4 is 0 Å². The lowest BCUT2D eigenvalue weighted by Crippen LogP contribution is -2.28. The molecular weight excluding hydrogens is 244 g/mol. The Balaban J connectivity index is 1.97. The zero-order valence-corrected chi connectivity index (χ0v) is 11.7. The lowest BCUT2D eigenvalue weighted by atomic mass is 10.1. The number of rotatable bonds is 3. The van der Waals surface area contributed by atoms with Crippen LogP contribution in [0, 0.1) is 0 Å². The summed E-state index contributed by atoms with van der Waals surface area (Å²) in [5.41, 5.74) is 3.60. The van der Waals surface area contributed by atoms with Crippen LogP contribution in [0.3, 0.4) is 0 Å². The monoisotopic (exact) mass is 264 g/mol. The van der Waals surface area contributed by atoms with Crippen molar-refractivity contribution < 1.29 is 0 Å². The number of likely N-dealkylation sites (tertiary alicyclic amines) is 1. The molecule has 0 N–H and O–H groups in total. The van der Waals surface area contributed by atoms with Gasteiger partial charge in [-0.15, -0.1) is 0 Å². The van der Waals surface area contributed by atoms with Crippen LogP contribution in [0.2, 0.25) is 0 Å². The molecule has 1 aliphatic rings. The minimum atomic E-state index is 1.02. The second-order valence-corrected chi connectivity index (χ2v) is 5.20. The zero-order chi connectivity index (χ0) is 13.6. The molecule has 1 aromatic heterocycles. The summed E-state index contributed by atoms with van der Waals surface area (Å²) in [6, 6.07) is 16.7. The van der Waals surface area contributed by atoms with Gasteiger partial charge in [0.05, 0.1) is 5.69 Å². The second-order valence-electron chi connectivity index (χ2n) is 5.20. The van der Waals surface area contributed by atoms with E-state index < -0.39 is 0 Å². The molecule has 2 heteroatoms. The first kappa shape index (κ1) is 12.9. The summed E-state index contributed by atoms with van der Waals surface area (Å²) >= 11 is 0. The van der Waals surface area contributed by atoms with Gasteiger partial charge < -0.3 is 4.90 Å². The maximum atomic E-state index is 4.44. The Morgan fingerprint density at radius 3 is 2.35 bits per heavy atom. The zero-order valence-electron chi connectivity index (χ0n) is 11.7. The van der Waals surface area contributed by atoms with Gasteiger partial charge in [-0.1, -0.05) is 36.4 Å². The van der Waals surface area contributed by atoms with E-state index in [1.807, 2.05) is 18.3 Å². The van der Waals surface area contributed by atoms with Gasteiger partial charge in [-0.3, -0.25) is 4.98 Å². The summed E-state index contributed by atoms with van der Waals surface area (Å²) in [4.78, 5) is 6.93. The Hall–Kier alpha value is -2.09. The molecule has 2 heterocycles. The Morgan fingerprint density at radius 1 is 0.900 bits per heavy atom. The maximum absolute atomic E-state index is 4.44. The molecule has 1 fully saturated rings. The summed E-state index contributed by atoms with van der Waals surface area (Å²) in [7, 11) is 0. The fourth-order valence-corrected chi connectivity index (χ4v) is 2.70. The number of hydrogen-bond acceptors (Lipinski definition) is 2. The van der Waals surface area contributed by atoms with E-state index in [9.17, 15) is 0 Å². The molecule has 0 bridgehead atoms. The minimum absolute atomic E-state index is 1.02. The molecule has 3 rings (SSSR count). The Kier molecular flexibility index (Phi) is 4.12. The lowest BCUT2D eigenvalue weighted by molar-refractivity contribution is 0.327. The standard InChI is InChI=1S/C18H20N2/c1-3-9-16(10-4-1)18(20-13-7-2-8-14-20)15-17-11-5-6-12-19-17/h1,3-6,9-12,15H,2,7-8,13-14H2/b18-15-. The van der Waals surface area contributed by atoms with Crippen LogP contribution in [0.5, 0.6) is 0 Å². The van der Waals surface area contributed by atoms with Crippen LogP contribution in [0.25, 0.3) is 11.8 Å². The smallest absolute Gasteiger partial charge is 0.0650 e. The molecule has 0 unspecified atom stereocenters. The minimum Gasteiger partial charge on any atom is -0.371 e. The lowest BCUT2D eigenvalue weighted by Gasteiger charge is -2.31. The predicted molar refractivity (Wildman–Crippen MR) is 84.0 cm³/mol.